The van der Waals surface area contributed by atoms with Crippen molar-refractivity contribution in [3.8, 4) is 0 Å². The molecule has 49 heavy (non-hydrogen) atoms. The van der Waals surface area contributed by atoms with Crippen LogP contribution in [0.3, 0.4) is 0 Å². The van der Waals surface area contributed by atoms with Crippen molar-refractivity contribution < 1.29 is 19.1 Å². The number of carbonyl (C=O) groups is 2. The normalized spacial score (nSPS) is 13.4. The van der Waals surface area contributed by atoms with Crippen LogP contribution < -0.4 is 17.0 Å². The van der Waals surface area contributed by atoms with E-state index in [1.807, 2.05) is 13.8 Å². The summed E-state index contributed by atoms with van der Waals surface area (Å²) in [6.07, 6.45) is 26.8. The molecule has 0 bridgehead atoms. The minimum absolute atomic E-state index is 0.0135. The van der Waals surface area contributed by atoms with Crippen LogP contribution in [0.5, 0.6) is 0 Å². The monoisotopic (exact) mass is 689 g/mol. The Labute approximate surface area is 294 Å². The Morgan fingerprint density at radius 2 is 1.29 bits per heavy atom. The smallest absolute Gasteiger partial charge is 0.323 e. The number of nitrogens with two attached hydrogens (primary N) is 2. The first-order valence-corrected chi connectivity index (χ1v) is 19.6. The Bertz CT molecular complexity index is 1230. The van der Waals surface area contributed by atoms with Crippen molar-refractivity contribution in [1.29, 1.82) is 0 Å². The number of ether oxygens (including phenoxy) is 2. The highest BCUT2D eigenvalue weighted by Crippen LogP contribution is 2.17. The number of aromatic amines is 2. The maximum absolute atomic E-state index is 12.6. The maximum Gasteiger partial charge on any atom is 0.323 e. The van der Waals surface area contributed by atoms with Gasteiger partial charge >= 0.3 is 11.9 Å². The van der Waals surface area contributed by atoms with E-state index in [9.17, 15) is 14.4 Å². The first kappa shape index (κ1) is 42.2. The minimum atomic E-state index is -0.681. The number of anilines is 1. The van der Waals surface area contributed by atoms with E-state index in [0.29, 0.717) is 25.1 Å². The molecule has 0 aliphatic rings. The number of nitrogens with zero attached hydrogens (tertiary/aromatic N) is 2. The summed E-state index contributed by atoms with van der Waals surface area (Å²) in [5.74, 6) is -0.352. The molecule has 0 amide bonds. The van der Waals surface area contributed by atoms with Gasteiger partial charge in [0.15, 0.2) is 11.2 Å². The Hall–Kier alpha value is -2.95. The van der Waals surface area contributed by atoms with Crippen LogP contribution in [0.2, 0.25) is 0 Å². The fraction of sp³-hybridized carbons (Fsp3) is 0.816. The number of hydrogen-bond donors (Lipinski definition) is 4. The number of nitrogens with one attached hydrogen (secondary N) is 2. The highest BCUT2D eigenvalue weighted by atomic mass is 16.5. The maximum atomic E-state index is 12.6. The number of hydrogen-bond acceptors (Lipinski definition) is 9. The number of H-pyrrole nitrogens is 2. The lowest BCUT2D eigenvalue weighted by atomic mass is 10.0. The third kappa shape index (κ3) is 18.6. The van der Waals surface area contributed by atoms with Crippen LogP contribution in [0.4, 0.5) is 5.95 Å². The topological polar surface area (TPSA) is 179 Å². The molecule has 11 nitrogen and oxygen atoms in total. The van der Waals surface area contributed by atoms with E-state index in [1.54, 1.807) is 0 Å². The first-order valence-electron chi connectivity index (χ1n) is 19.6. The van der Waals surface area contributed by atoms with E-state index in [1.165, 1.54) is 103 Å². The van der Waals surface area contributed by atoms with E-state index in [2.05, 4.69) is 26.9 Å². The van der Waals surface area contributed by atoms with Gasteiger partial charge in [0, 0.05) is 18.8 Å². The molecular formula is C38H68N6O5. The number of imidazole rings is 1. The number of unbranched alkanes of at least 4 members (excludes halogenated alkanes) is 18. The lowest BCUT2D eigenvalue weighted by Gasteiger charge is -2.19. The van der Waals surface area contributed by atoms with E-state index < -0.39 is 17.6 Å². The number of fused-ring (bicyclic) bond motifs is 1. The summed E-state index contributed by atoms with van der Waals surface area (Å²) in [5.41, 5.74) is 11.7. The van der Waals surface area contributed by atoms with Crippen LogP contribution in [-0.4, -0.2) is 51.1 Å². The summed E-state index contributed by atoms with van der Waals surface area (Å²) in [4.78, 5) is 51.1. The first-order chi connectivity index (χ1) is 23.7. The predicted octanol–water partition coefficient (Wildman–Crippen LogP) is 8.06. The van der Waals surface area contributed by atoms with Crippen molar-refractivity contribution >= 4 is 29.1 Å². The van der Waals surface area contributed by atoms with Gasteiger partial charge < -0.3 is 25.9 Å². The zero-order chi connectivity index (χ0) is 35.7. The molecule has 280 valence electrons. The summed E-state index contributed by atoms with van der Waals surface area (Å²) in [7, 11) is 0. The highest BCUT2D eigenvalue weighted by molar-refractivity contribution is 5.75. The van der Waals surface area contributed by atoms with Crippen molar-refractivity contribution in [2.24, 2.45) is 17.6 Å². The second-order valence-corrected chi connectivity index (χ2v) is 14.1. The second-order valence-electron chi connectivity index (χ2n) is 14.1. The van der Waals surface area contributed by atoms with Crippen molar-refractivity contribution in [1.82, 2.24) is 19.9 Å². The molecule has 0 saturated carbocycles. The lowest BCUT2D eigenvalue weighted by Crippen LogP contribution is -2.38. The third-order valence-corrected chi connectivity index (χ3v) is 9.67. The van der Waals surface area contributed by atoms with Gasteiger partial charge in [0.1, 0.15) is 11.9 Å². The second kappa shape index (κ2) is 25.9. The molecule has 2 aromatic heterocycles. The molecule has 1 unspecified atom stereocenters. The zero-order valence-corrected chi connectivity index (χ0v) is 31.0. The van der Waals surface area contributed by atoms with Gasteiger partial charge in [-0.3, -0.25) is 19.4 Å². The molecule has 11 heteroatoms. The summed E-state index contributed by atoms with van der Waals surface area (Å²) in [6, 6.07) is -0.681. The Kier molecular flexibility index (Phi) is 22.4. The van der Waals surface area contributed by atoms with E-state index in [0.717, 1.165) is 25.7 Å². The van der Waals surface area contributed by atoms with Crippen molar-refractivity contribution in [3.05, 3.63) is 16.2 Å². The van der Waals surface area contributed by atoms with Gasteiger partial charge in [-0.2, -0.15) is 4.98 Å². The molecule has 0 radical (unpaired) electrons. The Morgan fingerprint density at radius 3 is 1.82 bits per heavy atom. The van der Waals surface area contributed by atoms with Gasteiger partial charge in [-0.25, -0.2) is 4.98 Å². The fourth-order valence-corrected chi connectivity index (χ4v) is 6.13. The summed E-state index contributed by atoms with van der Waals surface area (Å²) in [6.45, 7) is 6.45. The highest BCUT2D eigenvalue weighted by Gasteiger charge is 2.22. The van der Waals surface area contributed by atoms with Crippen LogP contribution in [0.25, 0.3) is 11.2 Å². The van der Waals surface area contributed by atoms with Crippen LogP contribution in [0.15, 0.2) is 4.79 Å². The third-order valence-electron chi connectivity index (χ3n) is 9.67. The van der Waals surface area contributed by atoms with Crippen LogP contribution in [0.1, 0.15) is 168 Å². The number of nitrogen functional groups attached to an aromatic ring is 1. The summed E-state index contributed by atoms with van der Waals surface area (Å²) < 4.78 is 11.1. The number of rotatable bonds is 30. The quantitative estimate of drug-likeness (QED) is 0.0466. The zero-order valence-electron chi connectivity index (χ0n) is 31.0. The molecule has 0 saturated heterocycles. The molecular weight excluding hydrogens is 620 g/mol. The molecule has 0 fully saturated rings. The molecule has 2 rings (SSSR count). The average Bonchev–Trinajstić information content (AvgIpc) is 3.49. The summed E-state index contributed by atoms with van der Waals surface area (Å²) in [5, 5.41) is 0. The summed E-state index contributed by atoms with van der Waals surface area (Å²) >= 11 is 0. The molecule has 2 aromatic rings. The van der Waals surface area contributed by atoms with Crippen LogP contribution >= 0.6 is 0 Å². The van der Waals surface area contributed by atoms with Gasteiger partial charge in [-0.1, -0.05) is 143 Å². The molecule has 6 N–H and O–H groups in total. The molecule has 0 spiro atoms. The van der Waals surface area contributed by atoms with Crippen molar-refractivity contribution in [2.45, 2.75) is 174 Å². The van der Waals surface area contributed by atoms with E-state index in [4.69, 9.17) is 20.9 Å². The number of aromatic nitrogens is 4. The van der Waals surface area contributed by atoms with Crippen LogP contribution in [0, 0.1) is 11.8 Å². The SMILES string of the molecule is CCCCCCCCCCCCCCCCCCCCCC(=O)OCC(CCOC(=O)[C@@H](N)[C@@H](C)CC)Cc1nc2nc(N)[nH]c(=O)c2[nH]1. The largest absolute Gasteiger partial charge is 0.465 e. The van der Waals surface area contributed by atoms with Gasteiger partial charge in [-0.15, -0.1) is 0 Å². The van der Waals surface area contributed by atoms with E-state index >= 15 is 0 Å². The molecule has 0 aliphatic carbocycles. The lowest BCUT2D eigenvalue weighted by molar-refractivity contribution is -0.149. The Morgan fingerprint density at radius 1 is 0.755 bits per heavy atom. The average molecular weight is 689 g/mol. The standard InChI is InChI=1S/C38H68N6O5/c1-4-6-7-8-9-10-11-12-13-14-15-16-17-18-19-20-21-22-23-24-32(45)49-28-30(25-26-48-37(47)33(39)29(3)5-2)27-31-41-34-35(42-31)43-38(40)44-36(34)46/h29-30,33H,4-28,39H2,1-3H3,(H4,40,41,42,43,44,46)/t29-,30?,33-/m0/s1. The van der Waals surface area contributed by atoms with Gasteiger partial charge in [-0.05, 0) is 18.8 Å². The van der Waals surface area contributed by atoms with Gasteiger partial charge in [0.05, 0.1) is 13.2 Å². The molecule has 0 aromatic carbocycles. The Balaban J connectivity index is 1.60. The van der Waals surface area contributed by atoms with Crippen molar-refractivity contribution in [2.75, 3.05) is 18.9 Å². The minimum Gasteiger partial charge on any atom is -0.465 e. The van der Waals surface area contributed by atoms with Crippen molar-refractivity contribution in [3.63, 3.8) is 0 Å². The van der Waals surface area contributed by atoms with Crippen LogP contribution in [-0.2, 0) is 25.5 Å². The number of carbonyl (C=O) groups excluding carboxylic acids is 2. The predicted molar refractivity (Wildman–Crippen MR) is 198 cm³/mol. The van der Waals surface area contributed by atoms with E-state index in [-0.39, 0.29) is 48.1 Å². The molecule has 2 heterocycles. The van der Waals surface area contributed by atoms with Gasteiger partial charge in [0.25, 0.3) is 5.56 Å². The number of esters is 2. The fourth-order valence-electron chi connectivity index (χ4n) is 6.13. The molecule has 3 atom stereocenters. The molecule has 0 aliphatic heterocycles. The van der Waals surface area contributed by atoms with Gasteiger partial charge in [0.2, 0.25) is 5.95 Å².